The highest BCUT2D eigenvalue weighted by molar-refractivity contribution is 5.75. The number of ether oxygens (including phenoxy) is 1. The van der Waals surface area contributed by atoms with Gasteiger partial charge in [-0.15, -0.1) is 0 Å². The third-order valence-electron chi connectivity index (χ3n) is 2.63. The van der Waals surface area contributed by atoms with Crippen LogP contribution in [-0.2, 0) is 9.53 Å². The molecule has 1 aromatic rings. The standard InChI is InChI=1S/C15H22FNO2/c1-10(12-6-8-13(16)9-7-12)17-11(2)14(18)19-15(3,4)5/h6-11,17H,1-5H3/t10-,11?/m1/s1. The minimum atomic E-state index is -0.494. The lowest BCUT2D eigenvalue weighted by molar-refractivity contribution is -0.157. The van der Waals surface area contributed by atoms with E-state index in [1.807, 2.05) is 27.7 Å². The van der Waals surface area contributed by atoms with Gasteiger partial charge in [-0.05, 0) is 52.3 Å². The van der Waals surface area contributed by atoms with Crippen molar-refractivity contribution in [2.24, 2.45) is 0 Å². The molecule has 0 saturated heterocycles. The van der Waals surface area contributed by atoms with Crippen LogP contribution in [0.3, 0.4) is 0 Å². The highest BCUT2D eigenvalue weighted by Crippen LogP contribution is 2.15. The number of carbonyl (C=O) groups excluding carboxylic acids is 1. The predicted octanol–water partition coefficient (Wildman–Crippen LogP) is 3.21. The van der Waals surface area contributed by atoms with E-state index in [9.17, 15) is 9.18 Å². The molecule has 0 bridgehead atoms. The first-order valence-corrected chi connectivity index (χ1v) is 6.43. The monoisotopic (exact) mass is 267 g/mol. The SMILES string of the molecule is CC(N[C@H](C)c1ccc(F)cc1)C(=O)OC(C)(C)C. The van der Waals surface area contributed by atoms with Crippen LogP contribution >= 0.6 is 0 Å². The van der Waals surface area contributed by atoms with E-state index >= 15 is 0 Å². The van der Waals surface area contributed by atoms with Crippen molar-refractivity contribution in [1.29, 1.82) is 0 Å². The van der Waals surface area contributed by atoms with E-state index in [2.05, 4.69) is 5.32 Å². The van der Waals surface area contributed by atoms with E-state index in [0.29, 0.717) is 0 Å². The maximum atomic E-state index is 12.8. The lowest BCUT2D eigenvalue weighted by Gasteiger charge is -2.24. The molecule has 1 aromatic carbocycles. The average Bonchev–Trinajstić information content (AvgIpc) is 2.27. The molecule has 4 heteroatoms. The molecule has 3 nitrogen and oxygen atoms in total. The molecule has 19 heavy (non-hydrogen) atoms. The largest absolute Gasteiger partial charge is 0.459 e. The van der Waals surface area contributed by atoms with E-state index in [0.717, 1.165) is 5.56 Å². The van der Waals surface area contributed by atoms with Crippen LogP contribution in [0.4, 0.5) is 4.39 Å². The third kappa shape index (κ3) is 5.39. The summed E-state index contributed by atoms with van der Waals surface area (Å²) in [5, 5.41) is 3.14. The molecular formula is C15H22FNO2. The molecule has 1 rings (SSSR count). The van der Waals surface area contributed by atoms with Crippen LogP contribution < -0.4 is 5.32 Å². The van der Waals surface area contributed by atoms with Gasteiger partial charge in [-0.1, -0.05) is 12.1 Å². The molecule has 0 aliphatic carbocycles. The molecule has 1 unspecified atom stereocenters. The number of rotatable bonds is 4. The zero-order chi connectivity index (χ0) is 14.6. The van der Waals surface area contributed by atoms with Crippen molar-refractivity contribution in [1.82, 2.24) is 5.32 Å². The second kappa shape index (κ2) is 6.15. The summed E-state index contributed by atoms with van der Waals surface area (Å²) >= 11 is 0. The Labute approximate surface area is 114 Å². The van der Waals surface area contributed by atoms with Crippen molar-refractivity contribution in [3.05, 3.63) is 35.6 Å². The number of hydrogen-bond donors (Lipinski definition) is 1. The molecule has 0 spiro atoms. The highest BCUT2D eigenvalue weighted by atomic mass is 19.1. The normalized spacial score (nSPS) is 14.8. The first kappa shape index (κ1) is 15.6. The molecule has 0 aromatic heterocycles. The quantitative estimate of drug-likeness (QED) is 0.851. The minimum Gasteiger partial charge on any atom is -0.459 e. The summed E-state index contributed by atoms with van der Waals surface area (Å²) in [6.45, 7) is 9.19. The van der Waals surface area contributed by atoms with Gasteiger partial charge in [-0.2, -0.15) is 0 Å². The van der Waals surface area contributed by atoms with Gasteiger partial charge in [0.05, 0.1) is 0 Å². The third-order valence-corrected chi connectivity index (χ3v) is 2.63. The van der Waals surface area contributed by atoms with Crippen LogP contribution in [0, 0.1) is 5.82 Å². The fraction of sp³-hybridized carbons (Fsp3) is 0.533. The number of halogens is 1. The Hall–Kier alpha value is -1.42. The van der Waals surface area contributed by atoms with Crippen LogP contribution in [0.25, 0.3) is 0 Å². The smallest absolute Gasteiger partial charge is 0.323 e. The van der Waals surface area contributed by atoms with Crippen molar-refractivity contribution in [3.8, 4) is 0 Å². The van der Waals surface area contributed by atoms with E-state index in [-0.39, 0.29) is 17.8 Å². The van der Waals surface area contributed by atoms with E-state index in [1.165, 1.54) is 12.1 Å². The van der Waals surface area contributed by atoms with Crippen molar-refractivity contribution in [2.45, 2.75) is 52.3 Å². The molecule has 0 amide bonds. The summed E-state index contributed by atoms with van der Waals surface area (Å²) in [7, 11) is 0. The summed E-state index contributed by atoms with van der Waals surface area (Å²) < 4.78 is 18.1. The Morgan fingerprint density at radius 1 is 1.21 bits per heavy atom. The molecule has 0 saturated carbocycles. The number of benzene rings is 1. The molecule has 1 N–H and O–H groups in total. The fourth-order valence-electron chi connectivity index (χ4n) is 1.68. The summed E-state index contributed by atoms with van der Waals surface area (Å²) in [5.74, 6) is -0.558. The molecule has 0 radical (unpaired) electrons. The van der Waals surface area contributed by atoms with Crippen LogP contribution in [-0.4, -0.2) is 17.6 Å². The zero-order valence-electron chi connectivity index (χ0n) is 12.2. The topological polar surface area (TPSA) is 38.3 Å². The van der Waals surface area contributed by atoms with Gasteiger partial charge in [-0.3, -0.25) is 10.1 Å². The summed E-state index contributed by atoms with van der Waals surface area (Å²) in [4.78, 5) is 11.8. The number of carbonyl (C=O) groups is 1. The lowest BCUT2D eigenvalue weighted by Crippen LogP contribution is -2.40. The van der Waals surface area contributed by atoms with Crippen molar-refractivity contribution in [3.63, 3.8) is 0 Å². The van der Waals surface area contributed by atoms with Gasteiger partial charge in [0, 0.05) is 6.04 Å². The minimum absolute atomic E-state index is 0.0527. The molecule has 0 fully saturated rings. The average molecular weight is 267 g/mol. The van der Waals surface area contributed by atoms with Crippen molar-refractivity contribution >= 4 is 5.97 Å². The maximum Gasteiger partial charge on any atom is 0.323 e. The fourth-order valence-corrected chi connectivity index (χ4v) is 1.68. The van der Waals surface area contributed by atoms with Crippen molar-refractivity contribution < 1.29 is 13.9 Å². The Morgan fingerprint density at radius 3 is 2.21 bits per heavy atom. The van der Waals surface area contributed by atoms with Crippen LogP contribution in [0.5, 0.6) is 0 Å². The Balaban J connectivity index is 2.59. The van der Waals surface area contributed by atoms with E-state index < -0.39 is 11.6 Å². The molecular weight excluding hydrogens is 245 g/mol. The number of nitrogens with one attached hydrogen (secondary N) is 1. The molecule has 0 aliphatic rings. The van der Waals surface area contributed by atoms with Crippen LogP contribution in [0.15, 0.2) is 24.3 Å². The van der Waals surface area contributed by atoms with Gasteiger partial charge in [0.1, 0.15) is 17.5 Å². The van der Waals surface area contributed by atoms with Gasteiger partial charge in [0.25, 0.3) is 0 Å². The highest BCUT2D eigenvalue weighted by Gasteiger charge is 2.22. The molecule has 0 heterocycles. The number of hydrogen-bond acceptors (Lipinski definition) is 3. The van der Waals surface area contributed by atoms with Gasteiger partial charge >= 0.3 is 5.97 Å². The van der Waals surface area contributed by atoms with Crippen molar-refractivity contribution in [2.75, 3.05) is 0 Å². The second-order valence-electron chi connectivity index (χ2n) is 5.70. The summed E-state index contributed by atoms with van der Waals surface area (Å²) in [6, 6.07) is 5.75. The van der Waals surface area contributed by atoms with Gasteiger partial charge in [0.15, 0.2) is 0 Å². The lowest BCUT2D eigenvalue weighted by atomic mass is 10.1. The van der Waals surface area contributed by atoms with E-state index in [4.69, 9.17) is 4.74 Å². The summed E-state index contributed by atoms with van der Waals surface area (Å²) in [6.07, 6.45) is 0. The van der Waals surface area contributed by atoms with E-state index in [1.54, 1.807) is 19.1 Å². The molecule has 0 aliphatic heterocycles. The van der Waals surface area contributed by atoms with Crippen LogP contribution in [0.1, 0.15) is 46.2 Å². The van der Waals surface area contributed by atoms with Gasteiger partial charge in [-0.25, -0.2) is 4.39 Å². The predicted molar refractivity (Wildman–Crippen MR) is 73.3 cm³/mol. The molecule has 2 atom stereocenters. The Morgan fingerprint density at radius 2 is 1.74 bits per heavy atom. The van der Waals surface area contributed by atoms with Gasteiger partial charge < -0.3 is 4.74 Å². The Kier molecular flexibility index (Phi) is 5.06. The summed E-state index contributed by atoms with van der Waals surface area (Å²) in [5.41, 5.74) is 0.434. The van der Waals surface area contributed by atoms with Crippen LogP contribution in [0.2, 0.25) is 0 Å². The first-order valence-electron chi connectivity index (χ1n) is 6.43. The second-order valence-corrected chi connectivity index (χ2v) is 5.70. The first-order chi connectivity index (χ1) is 8.69. The zero-order valence-corrected chi connectivity index (χ0v) is 12.2. The number of esters is 1. The molecule has 106 valence electrons. The maximum absolute atomic E-state index is 12.8. The van der Waals surface area contributed by atoms with Gasteiger partial charge in [0.2, 0.25) is 0 Å². The Bertz CT molecular complexity index is 423.